The molecule has 0 bridgehead atoms. The largest absolute Gasteiger partial charge is 0.356 e. The monoisotopic (exact) mass is 341 g/mol. The number of piperazine rings is 1. The van der Waals surface area contributed by atoms with E-state index >= 15 is 0 Å². The van der Waals surface area contributed by atoms with Gasteiger partial charge in [0, 0.05) is 38.1 Å². The zero-order chi connectivity index (χ0) is 17.2. The van der Waals surface area contributed by atoms with Crippen molar-refractivity contribution in [2.75, 3.05) is 31.1 Å². The van der Waals surface area contributed by atoms with Crippen LogP contribution in [0.3, 0.4) is 0 Å². The molecule has 1 saturated heterocycles. The summed E-state index contributed by atoms with van der Waals surface area (Å²) in [4.78, 5) is 12.5. The lowest BCUT2D eigenvalue weighted by Crippen LogP contribution is -2.46. The van der Waals surface area contributed by atoms with Gasteiger partial charge in [-0.3, -0.25) is 4.90 Å². The number of anilines is 1. The number of hydrogen-bond donors (Lipinski definition) is 0. The topological polar surface area (TPSA) is 58.3 Å². The third kappa shape index (κ3) is 3.07. The number of fused-ring (bicyclic) bond motifs is 1. The fraction of sp³-hybridized carbons (Fsp3) is 0.389. The van der Waals surface area contributed by atoms with Crippen LogP contribution < -0.4 is 4.90 Å². The van der Waals surface area contributed by atoms with Crippen LogP contribution in [0.1, 0.15) is 18.3 Å². The third-order valence-corrected chi connectivity index (χ3v) is 4.68. The highest BCUT2D eigenvalue weighted by Crippen LogP contribution is 2.22. The summed E-state index contributed by atoms with van der Waals surface area (Å²) in [7, 11) is 0. The summed E-state index contributed by atoms with van der Waals surface area (Å²) < 4.78 is 19.8. The Morgan fingerprint density at radius 3 is 2.68 bits per heavy atom. The molecule has 0 radical (unpaired) electrons. The van der Waals surface area contributed by atoms with Crippen LogP contribution in [0.25, 0.3) is 11.0 Å². The van der Waals surface area contributed by atoms with Gasteiger partial charge in [0.25, 0.3) is 0 Å². The molecule has 1 fully saturated rings. The van der Waals surface area contributed by atoms with E-state index in [0.717, 1.165) is 49.4 Å². The Morgan fingerprint density at radius 2 is 1.88 bits per heavy atom. The Labute approximate surface area is 145 Å². The summed E-state index contributed by atoms with van der Waals surface area (Å²) in [6.07, 6.45) is 2.02. The Kier molecular flexibility index (Phi) is 4.31. The van der Waals surface area contributed by atoms with Crippen molar-refractivity contribution in [3.8, 4) is 0 Å². The number of aromatic nitrogens is 3. The zero-order valence-electron chi connectivity index (χ0n) is 14.2. The van der Waals surface area contributed by atoms with Gasteiger partial charge in [-0.05, 0) is 18.6 Å². The smallest absolute Gasteiger partial charge is 0.187 e. The lowest BCUT2D eigenvalue weighted by Gasteiger charge is -2.35. The molecule has 1 aromatic carbocycles. The lowest BCUT2D eigenvalue weighted by molar-refractivity contribution is 0.242. The summed E-state index contributed by atoms with van der Waals surface area (Å²) in [5.41, 5.74) is 2.23. The summed E-state index contributed by atoms with van der Waals surface area (Å²) in [5.74, 6) is 0.124. The highest BCUT2D eigenvalue weighted by molar-refractivity contribution is 5.79. The van der Waals surface area contributed by atoms with E-state index in [9.17, 15) is 4.39 Å². The average molecular weight is 341 g/mol. The summed E-state index contributed by atoms with van der Waals surface area (Å²) >= 11 is 0. The molecule has 130 valence electrons. The van der Waals surface area contributed by atoms with Crippen molar-refractivity contribution in [3.63, 3.8) is 0 Å². The van der Waals surface area contributed by atoms with E-state index in [1.807, 2.05) is 36.1 Å². The van der Waals surface area contributed by atoms with Crippen LogP contribution >= 0.6 is 0 Å². The SMILES string of the molecule is CCc1ncnc(N2CCN(Cc3noc4ccccc34)CC2)c1F. The van der Waals surface area contributed by atoms with Crippen LogP contribution in [0.4, 0.5) is 10.2 Å². The zero-order valence-corrected chi connectivity index (χ0v) is 14.2. The molecule has 1 aliphatic heterocycles. The Balaban J connectivity index is 1.43. The third-order valence-electron chi connectivity index (χ3n) is 4.68. The highest BCUT2D eigenvalue weighted by Gasteiger charge is 2.23. The van der Waals surface area contributed by atoms with Gasteiger partial charge in [-0.15, -0.1) is 0 Å². The molecule has 0 amide bonds. The molecule has 0 N–H and O–H groups in total. The molecule has 6 nitrogen and oxygen atoms in total. The molecule has 7 heteroatoms. The number of halogens is 1. The number of aryl methyl sites for hydroxylation is 1. The van der Waals surface area contributed by atoms with E-state index in [1.54, 1.807) is 0 Å². The fourth-order valence-electron chi connectivity index (χ4n) is 3.24. The van der Waals surface area contributed by atoms with Crippen molar-refractivity contribution in [2.24, 2.45) is 0 Å². The van der Waals surface area contributed by atoms with Gasteiger partial charge in [0.15, 0.2) is 17.2 Å². The molecule has 25 heavy (non-hydrogen) atoms. The number of para-hydroxylation sites is 1. The molecule has 0 spiro atoms. The summed E-state index contributed by atoms with van der Waals surface area (Å²) in [6.45, 7) is 5.74. The predicted octanol–water partition coefficient (Wildman–Crippen LogP) is 2.64. The quantitative estimate of drug-likeness (QED) is 0.727. The molecule has 0 saturated carbocycles. The van der Waals surface area contributed by atoms with E-state index in [-0.39, 0.29) is 5.82 Å². The Bertz CT molecular complexity index is 873. The van der Waals surface area contributed by atoms with Gasteiger partial charge in [0.1, 0.15) is 12.0 Å². The fourth-order valence-corrected chi connectivity index (χ4v) is 3.24. The molecule has 0 atom stereocenters. The van der Waals surface area contributed by atoms with E-state index in [0.29, 0.717) is 17.9 Å². The van der Waals surface area contributed by atoms with Crippen LogP contribution in [-0.4, -0.2) is 46.2 Å². The molecule has 1 aliphatic rings. The Hall–Kier alpha value is -2.54. The maximum Gasteiger partial charge on any atom is 0.187 e. The van der Waals surface area contributed by atoms with Crippen molar-refractivity contribution >= 4 is 16.8 Å². The van der Waals surface area contributed by atoms with Gasteiger partial charge in [-0.25, -0.2) is 14.4 Å². The number of benzene rings is 1. The molecule has 3 aromatic rings. The minimum absolute atomic E-state index is 0.291. The second kappa shape index (κ2) is 6.76. The molecular weight excluding hydrogens is 321 g/mol. The van der Waals surface area contributed by atoms with Crippen LogP contribution in [-0.2, 0) is 13.0 Å². The minimum Gasteiger partial charge on any atom is -0.356 e. The average Bonchev–Trinajstić information content (AvgIpc) is 3.06. The first-order valence-electron chi connectivity index (χ1n) is 8.56. The molecule has 2 aromatic heterocycles. The van der Waals surface area contributed by atoms with Crippen LogP contribution in [0.15, 0.2) is 35.1 Å². The van der Waals surface area contributed by atoms with Crippen molar-refractivity contribution < 1.29 is 8.91 Å². The van der Waals surface area contributed by atoms with Crippen molar-refractivity contribution in [3.05, 3.63) is 47.8 Å². The lowest BCUT2D eigenvalue weighted by atomic mass is 10.2. The van der Waals surface area contributed by atoms with Crippen LogP contribution in [0.5, 0.6) is 0 Å². The number of hydrogen-bond acceptors (Lipinski definition) is 6. The second-order valence-electron chi connectivity index (χ2n) is 6.20. The maximum atomic E-state index is 14.4. The summed E-state index contributed by atoms with van der Waals surface area (Å²) in [5, 5.41) is 5.25. The number of rotatable bonds is 4. The first-order valence-corrected chi connectivity index (χ1v) is 8.56. The predicted molar refractivity (Wildman–Crippen MR) is 92.9 cm³/mol. The molecular formula is C18H20FN5O. The van der Waals surface area contributed by atoms with Gasteiger partial charge in [-0.2, -0.15) is 0 Å². The Morgan fingerprint density at radius 1 is 1.08 bits per heavy atom. The first kappa shape index (κ1) is 16.0. The number of nitrogens with zero attached hydrogens (tertiary/aromatic N) is 5. The van der Waals surface area contributed by atoms with E-state index < -0.39 is 0 Å². The standard InChI is InChI=1S/C18H20FN5O/c1-2-14-17(19)18(21-12-20-14)24-9-7-23(8-10-24)11-15-13-5-3-4-6-16(13)25-22-15/h3-6,12H,2,7-11H2,1H3. The van der Waals surface area contributed by atoms with Crippen LogP contribution in [0.2, 0.25) is 0 Å². The van der Waals surface area contributed by atoms with Crippen LogP contribution in [0, 0.1) is 5.82 Å². The summed E-state index contributed by atoms with van der Waals surface area (Å²) in [6, 6.07) is 7.88. The second-order valence-corrected chi connectivity index (χ2v) is 6.20. The van der Waals surface area contributed by atoms with Gasteiger partial charge < -0.3 is 9.42 Å². The van der Waals surface area contributed by atoms with E-state index in [4.69, 9.17) is 4.52 Å². The highest BCUT2D eigenvalue weighted by atomic mass is 19.1. The molecule has 0 unspecified atom stereocenters. The van der Waals surface area contributed by atoms with Crippen molar-refractivity contribution in [1.82, 2.24) is 20.0 Å². The van der Waals surface area contributed by atoms with Gasteiger partial charge in [0.05, 0.1) is 5.69 Å². The van der Waals surface area contributed by atoms with E-state index in [1.165, 1.54) is 6.33 Å². The van der Waals surface area contributed by atoms with Gasteiger partial charge >= 0.3 is 0 Å². The molecule has 4 rings (SSSR count). The van der Waals surface area contributed by atoms with Gasteiger partial charge in [-0.1, -0.05) is 24.2 Å². The normalized spacial score (nSPS) is 15.8. The van der Waals surface area contributed by atoms with Gasteiger partial charge in [0.2, 0.25) is 0 Å². The molecule has 0 aliphatic carbocycles. The minimum atomic E-state index is -0.291. The van der Waals surface area contributed by atoms with Crippen molar-refractivity contribution in [2.45, 2.75) is 19.9 Å². The molecule has 3 heterocycles. The first-order chi connectivity index (χ1) is 12.3. The van der Waals surface area contributed by atoms with Crippen molar-refractivity contribution in [1.29, 1.82) is 0 Å². The van der Waals surface area contributed by atoms with E-state index in [2.05, 4.69) is 20.0 Å². The maximum absolute atomic E-state index is 14.4.